The Morgan fingerprint density at radius 2 is 2.06 bits per heavy atom. The lowest BCUT2D eigenvalue weighted by Crippen LogP contribution is -2.63. The molecule has 2 nitrogen and oxygen atoms in total. The van der Waals surface area contributed by atoms with E-state index in [0.717, 1.165) is 17.9 Å². The Kier molecular flexibility index (Phi) is 2.69. The molecule has 1 N–H and O–H groups in total. The van der Waals surface area contributed by atoms with Crippen molar-refractivity contribution in [3.63, 3.8) is 0 Å². The quantitative estimate of drug-likeness (QED) is 0.897. The van der Waals surface area contributed by atoms with Crippen LogP contribution >= 0.6 is 11.6 Å². The van der Waals surface area contributed by atoms with E-state index < -0.39 is 0 Å². The van der Waals surface area contributed by atoms with Crippen molar-refractivity contribution in [2.45, 2.75) is 24.7 Å². The fourth-order valence-electron chi connectivity index (χ4n) is 3.26. The number of rotatable bonds is 3. The van der Waals surface area contributed by atoms with E-state index in [4.69, 9.17) is 16.3 Å². The summed E-state index contributed by atoms with van der Waals surface area (Å²) in [6, 6.07) is 8.02. The molecule has 3 heteroatoms. The second kappa shape index (κ2) is 3.98. The number of benzene rings is 1. The Morgan fingerprint density at radius 1 is 1.29 bits per heavy atom. The highest BCUT2D eigenvalue weighted by Crippen LogP contribution is 2.58. The highest BCUT2D eigenvalue weighted by molar-refractivity contribution is 6.30. The molecule has 0 atom stereocenters. The molecule has 0 spiro atoms. The molecule has 2 fully saturated rings. The molecule has 1 aromatic carbocycles. The summed E-state index contributed by atoms with van der Waals surface area (Å²) in [5.74, 6) is 0. The molecule has 17 heavy (non-hydrogen) atoms. The van der Waals surface area contributed by atoms with Crippen LogP contribution in [0.25, 0.3) is 0 Å². The Hall–Kier alpha value is -0.570. The molecular weight excluding hydrogens is 236 g/mol. The lowest BCUT2D eigenvalue weighted by atomic mass is 9.50. The first-order valence-electron chi connectivity index (χ1n) is 6.17. The smallest absolute Gasteiger partial charge is 0.0591 e. The molecule has 1 saturated carbocycles. The Morgan fingerprint density at radius 3 is 2.47 bits per heavy atom. The second-order valence-electron chi connectivity index (χ2n) is 5.38. The van der Waals surface area contributed by atoms with Crippen molar-refractivity contribution in [1.29, 1.82) is 0 Å². The van der Waals surface area contributed by atoms with Gasteiger partial charge < -0.3 is 9.84 Å². The number of ether oxygens (including phenoxy) is 1. The lowest BCUT2D eigenvalue weighted by Gasteiger charge is -2.59. The van der Waals surface area contributed by atoms with Gasteiger partial charge in [-0.2, -0.15) is 0 Å². The number of hydrogen-bond donors (Lipinski definition) is 1. The van der Waals surface area contributed by atoms with Crippen molar-refractivity contribution in [2.75, 3.05) is 19.8 Å². The first-order valence-corrected chi connectivity index (χ1v) is 6.55. The van der Waals surface area contributed by atoms with Gasteiger partial charge in [0.2, 0.25) is 0 Å². The van der Waals surface area contributed by atoms with Crippen LogP contribution in [-0.4, -0.2) is 24.9 Å². The fraction of sp³-hybridized carbons (Fsp3) is 0.571. The maximum absolute atomic E-state index is 9.78. The SMILES string of the molecule is OCC1(C2(c3cccc(Cl)c3)COC2)CCC1. The van der Waals surface area contributed by atoms with E-state index in [-0.39, 0.29) is 17.4 Å². The van der Waals surface area contributed by atoms with Crippen LogP contribution in [0.5, 0.6) is 0 Å². The van der Waals surface area contributed by atoms with E-state index in [9.17, 15) is 5.11 Å². The molecule has 0 bridgehead atoms. The van der Waals surface area contributed by atoms with Gasteiger partial charge >= 0.3 is 0 Å². The van der Waals surface area contributed by atoms with Gasteiger partial charge in [0, 0.05) is 22.5 Å². The van der Waals surface area contributed by atoms with Crippen molar-refractivity contribution >= 4 is 11.6 Å². The van der Waals surface area contributed by atoms with Gasteiger partial charge in [-0.25, -0.2) is 0 Å². The maximum atomic E-state index is 9.78. The minimum absolute atomic E-state index is 0.00903. The maximum Gasteiger partial charge on any atom is 0.0591 e. The predicted octanol–water partition coefficient (Wildman–Crippen LogP) is 2.77. The third kappa shape index (κ3) is 1.48. The topological polar surface area (TPSA) is 29.5 Å². The van der Waals surface area contributed by atoms with E-state index in [1.54, 1.807) is 0 Å². The molecule has 1 heterocycles. The highest BCUT2D eigenvalue weighted by Gasteiger charge is 2.59. The van der Waals surface area contributed by atoms with Crippen LogP contribution in [0.1, 0.15) is 24.8 Å². The van der Waals surface area contributed by atoms with Crippen molar-refractivity contribution < 1.29 is 9.84 Å². The summed E-state index contributed by atoms with van der Waals surface area (Å²) in [5, 5.41) is 10.5. The summed E-state index contributed by atoms with van der Waals surface area (Å²) in [6.07, 6.45) is 3.40. The number of aliphatic hydroxyl groups excluding tert-OH is 1. The largest absolute Gasteiger partial charge is 0.396 e. The van der Waals surface area contributed by atoms with Gasteiger partial charge in [-0.3, -0.25) is 0 Å². The molecule has 0 radical (unpaired) electrons. The monoisotopic (exact) mass is 252 g/mol. The van der Waals surface area contributed by atoms with Crippen LogP contribution in [0, 0.1) is 5.41 Å². The minimum atomic E-state index is -0.00903. The van der Waals surface area contributed by atoms with Crippen LogP contribution in [0.4, 0.5) is 0 Å². The standard InChI is InChI=1S/C14H17ClO2/c15-12-4-1-3-11(7-12)14(9-17-10-14)13(8-16)5-2-6-13/h1,3-4,7,16H,2,5-6,8-10H2. The van der Waals surface area contributed by atoms with Crippen LogP contribution in [0.3, 0.4) is 0 Å². The first-order chi connectivity index (χ1) is 8.22. The fourth-order valence-corrected chi connectivity index (χ4v) is 3.45. The molecule has 1 aromatic rings. The van der Waals surface area contributed by atoms with Gasteiger partial charge in [0.25, 0.3) is 0 Å². The predicted molar refractivity (Wildman–Crippen MR) is 67.3 cm³/mol. The van der Waals surface area contributed by atoms with Crippen molar-refractivity contribution in [3.8, 4) is 0 Å². The molecule has 1 aliphatic carbocycles. The second-order valence-corrected chi connectivity index (χ2v) is 5.81. The number of halogens is 1. The van der Waals surface area contributed by atoms with E-state index >= 15 is 0 Å². The van der Waals surface area contributed by atoms with E-state index in [0.29, 0.717) is 13.2 Å². The van der Waals surface area contributed by atoms with Crippen molar-refractivity contribution in [3.05, 3.63) is 34.9 Å². The summed E-state index contributed by atoms with van der Waals surface area (Å²) >= 11 is 6.08. The lowest BCUT2D eigenvalue weighted by molar-refractivity contribution is -0.173. The van der Waals surface area contributed by atoms with Gasteiger partial charge in [0.1, 0.15) is 0 Å². The van der Waals surface area contributed by atoms with E-state index in [1.807, 2.05) is 18.2 Å². The summed E-state index contributed by atoms with van der Waals surface area (Å²) in [5.41, 5.74) is 1.24. The normalized spacial score (nSPS) is 24.8. The summed E-state index contributed by atoms with van der Waals surface area (Å²) in [7, 11) is 0. The number of hydrogen-bond acceptors (Lipinski definition) is 2. The van der Waals surface area contributed by atoms with Gasteiger partial charge in [-0.05, 0) is 30.5 Å². The van der Waals surface area contributed by atoms with Crippen LogP contribution in [-0.2, 0) is 10.2 Å². The van der Waals surface area contributed by atoms with Gasteiger partial charge in [-0.1, -0.05) is 30.2 Å². The molecule has 1 saturated heterocycles. The highest BCUT2D eigenvalue weighted by atomic mass is 35.5. The zero-order valence-corrected chi connectivity index (χ0v) is 10.5. The Bertz CT molecular complexity index is 416. The zero-order valence-electron chi connectivity index (χ0n) is 9.79. The van der Waals surface area contributed by atoms with Gasteiger partial charge in [-0.15, -0.1) is 0 Å². The summed E-state index contributed by atoms with van der Waals surface area (Å²) in [4.78, 5) is 0. The molecule has 1 aliphatic heterocycles. The average Bonchev–Trinajstić information content (AvgIpc) is 2.20. The molecular formula is C14H17ClO2. The van der Waals surface area contributed by atoms with Gasteiger partial charge in [0.05, 0.1) is 13.2 Å². The molecule has 3 rings (SSSR count). The summed E-state index contributed by atoms with van der Waals surface area (Å²) < 4.78 is 5.46. The molecule has 0 amide bonds. The minimum Gasteiger partial charge on any atom is -0.396 e. The Balaban J connectivity index is 2.02. The third-order valence-corrected chi connectivity index (χ3v) is 4.94. The van der Waals surface area contributed by atoms with Crippen molar-refractivity contribution in [1.82, 2.24) is 0 Å². The van der Waals surface area contributed by atoms with Crippen LogP contribution < -0.4 is 0 Å². The van der Waals surface area contributed by atoms with Crippen LogP contribution in [0.15, 0.2) is 24.3 Å². The molecule has 0 aromatic heterocycles. The Labute approximate surface area is 107 Å². The van der Waals surface area contributed by atoms with Gasteiger partial charge in [0.15, 0.2) is 0 Å². The van der Waals surface area contributed by atoms with Crippen molar-refractivity contribution in [2.24, 2.45) is 5.41 Å². The van der Waals surface area contributed by atoms with Crippen LogP contribution in [0.2, 0.25) is 5.02 Å². The number of aliphatic hydroxyl groups is 1. The van der Waals surface area contributed by atoms with E-state index in [2.05, 4.69) is 6.07 Å². The first kappa shape index (κ1) is 11.5. The summed E-state index contributed by atoms with van der Waals surface area (Å²) in [6.45, 7) is 1.69. The molecule has 0 unspecified atom stereocenters. The molecule has 2 aliphatic rings. The molecule has 92 valence electrons. The average molecular weight is 253 g/mol. The third-order valence-electron chi connectivity index (χ3n) is 4.70. The zero-order chi connectivity index (χ0) is 11.9. The van der Waals surface area contributed by atoms with E-state index in [1.165, 1.54) is 12.0 Å².